The van der Waals surface area contributed by atoms with E-state index in [1.54, 1.807) is 0 Å². The summed E-state index contributed by atoms with van der Waals surface area (Å²) in [5, 5.41) is 18.1. The molecule has 0 spiro atoms. The van der Waals surface area contributed by atoms with Gasteiger partial charge in [0.25, 0.3) is 5.69 Å². The Balaban J connectivity index is 2.18. The minimum Gasteiger partial charge on any atom is -0.258 e. The molecule has 4 aromatic carbocycles. The maximum Gasteiger partial charge on any atom is 0.281 e. The Morgan fingerprint density at radius 1 is 0.783 bits per heavy atom. The second-order valence-corrected chi connectivity index (χ2v) is 6.13. The lowest BCUT2D eigenvalue weighted by Gasteiger charge is -2.20. The Morgan fingerprint density at radius 2 is 1.61 bits per heavy atom. The highest BCUT2D eigenvalue weighted by Gasteiger charge is 2.26. The molecule has 0 saturated carbocycles. The molecule has 3 heteroatoms. The van der Waals surface area contributed by atoms with Crippen LogP contribution in [0.15, 0.2) is 54.6 Å². The number of hydrogen-bond acceptors (Lipinski definition) is 2. The Labute approximate surface area is 132 Å². The predicted octanol–water partition coefficient (Wildman–Crippen LogP) is 5.15. The Hall–Kier alpha value is -2.94. The molecule has 0 amide bonds. The van der Waals surface area contributed by atoms with Gasteiger partial charge in [0.15, 0.2) is 0 Å². The van der Waals surface area contributed by atoms with Crippen LogP contribution >= 0.6 is 0 Å². The van der Waals surface area contributed by atoms with Crippen molar-refractivity contribution in [2.45, 2.75) is 12.8 Å². The maximum absolute atomic E-state index is 11.8. The van der Waals surface area contributed by atoms with Gasteiger partial charge in [-0.3, -0.25) is 10.1 Å². The molecule has 0 unspecified atom stereocenters. The summed E-state index contributed by atoms with van der Waals surface area (Å²) in [5.41, 5.74) is 2.48. The van der Waals surface area contributed by atoms with Crippen molar-refractivity contribution in [2.24, 2.45) is 0 Å². The summed E-state index contributed by atoms with van der Waals surface area (Å²) in [4.78, 5) is 11.6. The molecule has 0 atom stereocenters. The summed E-state index contributed by atoms with van der Waals surface area (Å²) in [5.74, 6) is 0. The number of nitro benzene ring substituents is 1. The van der Waals surface area contributed by atoms with Crippen molar-refractivity contribution < 1.29 is 4.92 Å². The zero-order valence-electron chi connectivity index (χ0n) is 12.4. The fourth-order valence-electron chi connectivity index (χ4n) is 4.12. The van der Waals surface area contributed by atoms with E-state index in [4.69, 9.17) is 0 Å². The first kappa shape index (κ1) is 12.6. The minimum absolute atomic E-state index is 0.204. The normalized spacial score (nSPS) is 13.2. The highest BCUT2D eigenvalue weighted by Crippen LogP contribution is 2.44. The molecular formula is C20H13NO2. The molecule has 0 saturated heterocycles. The van der Waals surface area contributed by atoms with Crippen molar-refractivity contribution in [3.8, 4) is 0 Å². The molecule has 0 bridgehead atoms. The van der Waals surface area contributed by atoms with Crippen molar-refractivity contribution in [1.29, 1.82) is 0 Å². The molecule has 5 rings (SSSR count). The molecule has 1 aliphatic rings. The van der Waals surface area contributed by atoms with E-state index in [2.05, 4.69) is 30.3 Å². The van der Waals surface area contributed by atoms with Crippen LogP contribution < -0.4 is 0 Å². The van der Waals surface area contributed by atoms with Crippen molar-refractivity contribution in [3.05, 3.63) is 75.8 Å². The zero-order valence-corrected chi connectivity index (χ0v) is 12.4. The molecular weight excluding hydrogens is 286 g/mol. The van der Waals surface area contributed by atoms with Crippen molar-refractivity contribution >= 4 is 38.0 Å². The van der Waals surface area contributed by atoms with Crippen LogP contribution in [0.1, 0.15) is 11.1 Å². The van der Waals surface area contributed by atoms with Gasteiger partial charge in [0.2, 0.25) is 0 Å². The van der Waals surface area contributed by atoms with Crippen LogP contribution in [0.2, 0.25) is 0 Å². The third-order valence-electron chi connectivity index (χ3n) is 5.02. The van der Waals surface area contributed by atoms with Crippen LogP contribution in [0.3, 0.4) is 0 Å². The minimum atomic E-state index is -0.204. The zero-order chi connectivity index (χ0) is 15.6. The van der Waals surface area contributed by atoms with Crippen molar-refractivity contribution in [1.82, 2.24) is 0 Å². The van der Waals surface area contributed by atoms with Gasteiger partial charge in [0.1, 0.15) is 0 Å². The number of hydrogen-bond donors (Lipinski definition) is 0. The molecule has 3 nitrogen and oxygen atoms in total. The molecule has 0 aromatic heterocycles. The number of nitro groups is 1. The third kappa shape index (κ3) is 1.54. The van der Waals surface area contributed by atoms with Crippen LogP contribution in [-0.4, -0.2) is 4.92 Å². The first-order valence-corrected chi connectivity index (χ1v) is 7.78. The van der Waals surface area contributed by atoms with Gasteiger partial charge in [0, 0.05) is 10.9 Å². The van der Waals surface area contributed by atoms with E-state index in [9.17, 15) is 10.1 Å². The van der Waals surface area contributed by atoms with Crippen molar-refractivity contribution in [2.75, 3.05) is 0 Å². The Kier molecular flexibility index (Phi) is 2.35. The second-order valence-electron chi connectivity index (χ2n) is 6.13. The van der Waals surface area contributed by atoms with E-state index in [0.717, 1.165) is 39.9 Å². The average Bonchev–Trinajstić information content (AvgIpc) is 2.58. The monoisotopic (exact) mass is 299 g/mol. The van der Waals surface area contributed by atoms with E-state index >= 15 is 0 Å². The van der Waals surface area contributed by atoms with E-state index in [1.807, 2.05) is 24.3 Å². The Bertz CT molecular complexity index is 1140. The molecule has 0 radical (unpaired) electrons. The van der Waals surface area contributed by atoms with Gasteiger partial charge in [-0.2, -0.15) is 0 Å². The molecule has 110 valence electrons. The van der Waals surface area contributed by atoms with Gasteiger partial charge >= 0.3 is 0 Å². The quantitative estimate of drug-likeness (QED) is 0.277. The average molecular weight is 299 g/mol. The Morgan fingerprint density at radius 3 is 2.43 bits per heavy atom. The van der Waals surface area contributed by atoms with E-state index in [1.165, 1.54) is 16.3 Å². The summed E-state index contributed by atoms with van der Waals surface area (Å²) in [6, 6.07) is 18.2. The first-order chi connectivity index (χ1) is 11.3. The van der Waals surface area contributed by atoms with Gasteiger partial charge in [0.05, 0.1) is 10.3 Å². The first-order valence-electron chi connectivity index (χ1n) is 7.78. The molecule has 4 aromatic rings. The van der Waals surface area contributed by atoms with E-state index in [0.29, 0.717) is 0 Å². The maximum atomic E-state index is 11.8. The highest BCUT2D eigenvalue weighted by molar-refractivity contribution is 6.22. The molecule has 0 fully saturated rings. The van der Waals surface area contributed by atoms with Crippen LogP contribution in [0, 0.1) is 10.1 Å². The number of benzene rings is 4. The number of nitrogens with zero attached hydrogens (tertiary/aromatic N) is 1. The van der Waals surface area contributed by atoms with Gasteiger partial charge in [-0.15, -0.1) is 0 Å². The third-order valence-corrected chi connectivity index (χ3v) is 5.02. The topological polar surface area (TPSA) is 43.1 Å². The summed E-state index contributed by atoms with van der Waals surface area (Å²) >= 11 is 0. The summed E-state index contributed by atoms with van der Waals surface area (Å²) < 4.78 is 0. The highest BCUT2D eigenvalue weighted by atomic mass is 16.6. The van der Waals surface area contributed by atoms with Gasteiger partial charge in [-0.1, -0.05) is 48.5 Å². The lowest BCUT2D eigenvalue weighted by Crippen LogP contribution is -2.06. The number of rotatable bonds is 1. The van der Waals surface area contributed by atoms with E-state index < -0.39 is 0 Å². The van der Waals surface area contributed by atoms with Crippen LogP contribution in [0.5, 0.6) is 0 Å². The second kappa shape index (κ2) is 4.29. The van der Waals surface area contributed by atoms with Crippen LogP contribution in [0.4, 0.5) is 5.69 Å². The molecule has 0 N–H and O–H groups in total. The van der Waals surface area contributed by atoms with Crippen molar-refractivity contribution in [3.63, 3.8) is 0 Å². The van der Waals surface area contributed by atoms with Gasteiger partial charge in [-0.25, -0.2) is 0 Å². The summed E-state index contributed by atoms with van der Waals surface area (Å²) in [7, 11) is 0. The smallest absolute Gasteiger partial charge is 0.258 e. The van der Waals surface area contributed by atoms with E-state index in [-0.39, 0.29) is 10.6 Å². The van der Waals surface area contributed by atoms with Gasteiger partial charge in [-0.05, 0) is 46.0 Å². The largest absolute Gasteiger partial charge is 0.281 e. The molecule has 23 heavy (non-hydrogen) atoms. The van der Waals surface area contributed by atoms with Crippen LogP contribution in [0.25, 0.3) is 32.3 Å². The number of fused-ring (bicyclic) bond motifs is 2. The lowest BCUT2D eigenvalue weighted by atomic mass is 9.83. The summed E-state index contributed by atoms with van der Waals surface area (Å²) in [6.07, 6.45) is 1.59. The molecule has 1 aliphatic carbocycles. The molecule has 0 heterocycles. The lowest BCUT2D eigenvalue weighted by molar-refractivity contribution is -0.383. The molecule has 0 aliphatic heterocycles. The van der Waals surface area contributed by atoms with Crippen LogP contribution in [-0.2, 0) is 12.8 Å². The van der Waals surface area contributed by atoms with Gasteiger partial charge < -0.3 is 0 Å². The summed E-state index contributed by atoms with van der Waals surface area (Å²) in [6.45, 7) is 0. The SMILES string of the molecule is O=[N+]([O-])c1c2c3c(ccc4cccc(c43)CC2)c2ccccc12. The fraction of sp³-hybridized carbons (Fsp3) is 0.100. The predicted molar refractivity (Wildman–Crippen MR) is 93.0 cm³/mol. The standard InChI is InChI=1S/C20H13NO2/c22-21(23)20-16-7-2-1-6-14(16)15-10-8-12-4-3-5-13-9-11-17(20)19(15)18(12)13/h1-8,10H,9,11H2. The fourth-order valence-corrected chi connectivity index (χ4v) is 4.12. The number of aryl methyl sites for hydroxylation is 2.